The first-order valence-electron chi connectivity index (χ1n) is 7.39. The maximum Gasteiger partial charge on any atom is 0.230 e. The monoisotopic (exact) mass is 299 g/mol. The van der Waals surface area contributed by atoms with Gasteiger partial charge in [0.2, 0.25) is 5.91 Å². The lowest BCUT2D eigenvalue weighted by Crippen LogP contribution is -2.37. The molecule has 1 aliphatic rings. The van der Waals surface area contributed by atoms with Gasteiger partial charge >= 0.3 is 0 Å². The van der Waals surface area contributed by atoms with Crippen LogP contribution in [-0.2, 0) is 10.2 Å². The van der Waals surface area contributed by atoms with Gasteiger partial charge in [-0.2, -0.15) is 0 Å². The van der Waals surface area contributed by atoms with Gasteiger partial charge in [-0.25, -0.2) is 4.39 Å². The normalized spacial score (nSPS) is 16.8. The molecule has 2 N–H and O–H groups in total. The van der Waals surface area contributed by atoms with Crippen molar-refractivity contribution < 1.29 is 14.3 Å². The van der Waals surface area contributed by atoms with Crippen molar-refractivity contribution in [1.29, 1.82) is 0 Å². The van der Waals surface area contributed by atoms with E-state index in [1.54, 1.807) is 12.1 Å². The van der Waals surface area contributed by atoms with Crippen molar-refractivity contribution in [2.24, 2.45) is 0 Å². The first-order chi connectivity index (χ1) is 10.6. The predicted molar refractivity (Wildman–Crippen MR) is 81.7 cm³/mol. The minimum Gasteiger partial charge on any atom is -0.387 e. The van der Waals surface area contributed by atoms with Crippen LogP contribution in [0.25, 0.3) is 0 Å². The van der Waals surface area contributed by atoms with E-state index in [9.17, 15) is 14.3 Å². The van der Waals surface area contributed by atoms with Crippen molar-refractivity contribution in [2.75, 3.05) is 6.54 Å². The van der Waals surface area contributed by atoms with Crippen LogP contribution in [0.4, 0.5) is 4.39 Å². The lowest BCUT2D eigenvalue weighted by atomic mass is 9.95. The second-order valence-corrected chi connectivity index (χ2v) is 5.73. The summed E-state index contributed by atoms with van der Waals surface area (Å²) in [5.74, 6) is -0.472. The molecule has 1 fully saturated rings. The molecule has 1 unspecified atom stereocenters. The van der Waals surface area contributed by atoms with Crippen molar-refractivity contribution in [3.63, 3.8) is 0 Å². The van der Waals surface area contributed by atoms with Gasteiger partial charge in [0, 0.05) is 6.54 Å². The molecule has 0 spiro atoms. The van der Waals surface area contributed by atoms with Crippen LogP contribution in [0.5, 0.6) is 0 Å². The number of carbonyl (C=O) groups is 1. The molecular formula is C18H18FNO2. The maximum absolute atomic E-state index is 13.1. The number of amides is 1. The first-order valence-corrected chi connectivity index (χ1v) is 7.39. The van der Waals surface area contributed by atoms with Crippen LogP contribution < -0.4 is 5.32 Å². The van der Waals surface area contributed by atoms with Crippen molar-refractivity contribution in [2.45, 2.75) is 24.4 Å². The Morgan fingerprint density at radius 2 is 1.91 bits per heavy atom. The Hall–Kier alpha value is -2.20. The average molecular weight is 299 g/mol. The van der Waals surface area contributed by atoms with Crippen LogP contribution in [0.15, 0.2) is 54.6 Å². The third-order valence-corrected chi connectivity index (χ3v) is 4.20. The molecule has 1 saturated carbocycles. The molecule has 3 nitrogen and oxygen atoms in total. The van der Waals surface area contributed by atoms with Gasteiger partial charge in [-0.3, -0.25) is 4.79 Å². The summed E-state index contributed by atoms with van der Waals surface area (Å²) in [7, 11) is 0. The quantitative estimate of drug-likeness (QED) is 0.892. The number of halogens is 1. The molecule has 4 heteroatoms. The Morgan fingerprint density at radius 3 is 2.55 bits per heavy atom. The average Bonchev–Trinajstić information content (AvgIpc) is 3.35. The Kier molecular flexibility index (Phi) is 3.94. The molecule has 0 aromatic heterocycles. The summed E-state index contributed by atoms with van der Waals surface area (Å²) in [6.45, 7) is 0.0802. The predicted octanol–water partition coefficient (Wildman–Crippen LogP) is 2.71. The van der Waals surface area contributed by atoms with E-state index < -0.39 is 17.3 Å². The topological polar surface area (TPSA) is 49.3 Å². The number of benzene rings is 2. The van der Waals surface area contributed by atoms with Gasteiger partial charge in [-0.1, -0.05) is 42.5 Å². The van der Waals surface area contributed by atoms with Gasteiger partial charge in [0.05, 0.1) is 11.5 Å². The van der Waals surface area contributed by atoms with E-state index in [-0.39, 0.29) is 12.5 Å². The van der Waals surface area contributed by atoms with E-state index in [1.165, 1.54) is 12.1 Å². The van der Waals surface area contributed by atoms with Crippen LogP contribution >= 0.6 is 0 Å². The number of nitrogens with one attached hydrogen (secondary N) is 1. The van der Waals surface area contributed by atoms with Crippen LogP contribution in [0.1, 0.15) is 30.1 Å². The van der Waals surface area contributed by atoms with Gasteiger partial charge < -0.3 is 10.4 Å². The Bertz CT molecular complexity index is 668. The molecule has 0 radical (unpaired) electrons. The van der Waals surface area contributed by atoms with E-state index in [0.29, 0.717) is 5.56 Å². The van der Waals surface area contributed by atoms with Crippen molar-refractivity contribution >= 4 is 5.91 Å². The lowest BCUT2D eigenvalue weighted by molar-refractivity contribution is -0.124. The SMILES string of the molecule is O=C(NCC(O)c1cccc(F)c1)C1(c2ccccc2)CC1. The van der Waals surface area contributed by atoms with Crippen molar-refractivity contribution in [1.82, 2.24) is 5.32 Å². The molecule has 22 heavy (non-hydrogen) atoms. The lowest BCUT2D eigenvalue weighted by Gasteiger charge is -2.18. The molecule has 1 amide bonds. The smallest absolute Gasteiger partial charge is 0.230 e. The van der Waals surface area contributed by atoms with Crippen molar-refractivity contribution in [3.8, 4) is 0 Å². The maximum atomic E-state index is 13.1. The van der Waals surface area contributed by atoms with Gasteiger partial charge in [0.25, 0.3) is 0 Å². The Balaban J connectivity index is 1.63. The number of hydrogen-bond acceptors (Lipinski definition) is 2. The third kappa shape index (κ3) is 2.88. The van der Waals surface area contributed by atoms with Crippen molar-refractivity contribution in [3.05, 3.63) is 71.5 Å². The van der Waals surface area contributed by atoms with E-state index in [0.717, 1.165) is 18.4 Å². The molecule has 0 aliphatic heterocycles. The zero-order valence-corrected chi connectivity index (χ0v) is 12.1. The molecule has 0 saturated heterocycles. The highest BCUT2D eigenvalue weighted by atomic mass is 19.1. The van der Waals surface area contributed by atoms with Crippen LogP contribution in [0.3, 0.4) is 0 Å². The second kappa shape index (κ2) is 5.89. The fourth-order valence-corrected chi connectivity index (χ4v) is 2.72. The fourth-order valence-electron chi connectivity index (χ4n) is 2.72. The fraction of sp³-hybridized carbons (Fsp3) is 0.278. The highest BCUT2D eigenvalue weighted by Crippen LogP contribution is 2.48. The molecular weight excluding hydrogens is 281 g/mol. The van der Waals surface area contributed by atoms with Crippen LogP contribution in [-0.4, -0.2) is 17.6 Å². The number of aliphatic hydroxyl groups is 1. The third-order valence-electron chi connectivity index (χ3n) is 4.20. The van der Waals surface area contributed by atoms with E-state index >= 15 is 0 Å². The summed E-state index contributed by atoms with van der Waals surface area (Å²) in [6.07, 6.45) is 0.726. The highest BCUT2D eigenvalue weighted by molar-refractivity contribution is 5.91. The molecule has 2 aromatic carbocycles. The number of aliphatic hydroxyl groups excluding tert-OH is 1. The summed E-state index contributed by atoms with van der Waals surface area (Å²) in [6, 6.07) is 15.5. The molecule has 114 valence electrons. The van der Waals surface area contributed by atoms with E-state index in [2.05, 4.69) is 5.32 Å². The minimum atomic E-state index is -0.911. The van der Waals surface area contributed by atoms with Gasteiger partial charge in [0.1, 0.15) is 5.82 Å². The van der Waals surface area contributed by atoms with Gasteiger partial charge in [-0.15, -0.1) is 0 Å². The van der Waals surface area contributed by atoms with E-state index in [4.69, 9.17) is 0 Å². The summed E-state index contributed by atoms with van der Waals surface area (Å²) < 4.78 is 13.1. The molecule has 1 aliphatic carbocycles. The first kappa shape index (κ1) is 14.7. The van der Waals surface area contributed by atoms with Crippen LogP contribution in [0.2, 0.25) is 0 Å². The summed E-state index contributed by atoms with van der Waals surface area (Å²) in [5.41, 5.74) is 1.01. The summed E-state index contributed by atoms with van der Waals surface area (Å²) >= 11 is 0. The molecule has 0 bridgehead atoms. The summed E-state index contributed by atoms with van der Waals surface area (Å²) in [5, 5.41) is 12.9. The molecule has 2 aromatic rings. The molecule has 0 heterocycles. The Labute approximate surface area is 128 Å². The highest BCUT2D eigenvalue weighted by Gasteiger charge is 2.51. The number of rotatable bonds is 5. The Morgan fingerprint density at radius 1 is 1.18 bits per heavy atom. The minimum absolute atomic E-state index is 0.0749. The van der Waals surface area contributed by atoms with E-state index in [1.807, 2.05) is 30.3 Å². The standard InChI is InChI=1S/C18H18FNO2/c19-15-8-4-5-13(11-15)16(21)12-20-17(22)18(9-10-18)14-6-2-1-3-7-14/h1-8,11,16,21H,9-10,12H2,(H,20,22). The number of hydrogen-bond donors (Lipinski definition) is 2. The summed E-state index contributed by atoms with van der Waals surface area (Å²) in [4.78, 5) is 12.4. The zero-order chi connectivity index (χ0) is 15.6. The largest absolute Gasteiger partial charge is 0.387 e. The molecule has 1 atom stereocenters. The zero-order valence-electron chi connectivity index (χ0n) is 12.1. The van der Waals surface area contributed by atoms with Gasteiger partial charge in [-0.05, 0) is 36.1 Å². The molecule has 3 rings (SSSR count). The van der Waals surface area contributed by atoms with Crippen LogP contribution in [0, 0.1) is 5.82 Å². The van der Waals surface area contributed by atoms with Gasteiger partial charge in [0.15, 0.2) is 0 Å². The number of carbonyl (C=O) groups excluding carboxylic acids is 1. The second-order valence-electron chi connectivity index (χ2n) is 5.73.